The summed E-state index contributed by atoms with van der Waals surface area (Å²) < 4.78 is 0. The lowest BCUT2D eigenvalue weighted by molar-refractivity contribution is 0.818. The zero-order valence-corrected chi connectivity index (χ0v) is 20.8. The Kier molecular flexibility index (Phi) is 8.90. The summed E-state index contributed by atoms with van der Waals surface area (Å²) in [4.78, 5) is 0. The molecule has 0 bridgehead atoms. The van der Waals surface area contributed by atoms with Gasteiger partial charge >= 0.3 is 0 Å². The maximum absolute atomic E-state index is 3.82. The van der Waals surface area contributed by atoms with Crippen molar-refractivity contribution < 1.29 is 0 Å². The number of benzene rings is 4. The molecule has 4 aromatic rings. The summed E-state index contributed by atoms with van der Waals surface area (Å²) in [6.07, 6.45) is 11.6. The monoisotopic (exact) mass is 456 g/mol. The quantitative estimate of drug-likeness (QED) is 0.200. The number of aryl methyl sites for hydroxylation is 6. The van der Waals surface area contributed by atoms with Gasteiger partial charge in [0.25, 0.3) is 0 Å². The third-order valence-corrected chi connectivity index (χ3v) is 6.81. The predicted octanol–water partition coefficient (Wildman–Crippen LogP) is 8.72. The summed E-state index contributed by atoms with van der Waals surface area (Å²) in [5.74, 6) is 0. The molecule has 0 heterocycles. The predicted molar refractivity (Wildman–Crippen MR) is 153 cm³/mol. The summed E-state index contributed by atoms with van der Waals surface area (Å²) in [7, 11) is 0. The van der Waals surface area contributed by atoms with Gasteiger partial charge in [-0.1, -0.05) is 122 Å². The largest absolute Gasteiger partial charge is 0.0985 e. The molecule has 0 saturated carbocycles. The summed E-state index contributed by atoms with van der Waals surface area (Å²) >= 11 is 0. The van der Waals surface area contributed by atoms with Crippen LogP contribution in [0.3, 0.4) is 0 Å². The Morgan fingerprint density at radius 3 is 0.829 bits per heavy atom. The molecule has 0 unspecified atom stereocenters. The van der Waals surface area contributed by atoms with E-state index in [2.05, 4.69) is 110 Å². The van der Waals surface area contributed by atoms with Crippen LogP contribution in [0.5, 0.6) is 0 Å². The van der Waals surface area contributed by atoms with Crippen molar-refractivity contribution in [3.63, 3.8) is 0 Å². The van der Waals surface area contributed by atoms with Crippen molar-refractivity contribution in [1.82, 2.24) is 0 Å². The lowest BCUT2D eigenvalue weighted by atomic mass is 9.99. The Bertz CT molecular complexity index is 1090. The number of rotatable bonds is 12. The van der Waals surface area contributed by atoms with Crippen molar-refractivity contribution >= 4 is 12.2 Å². The molecule has 0 aromatic heterocycles. The van der Waals surface area contributed by atoms with Gasteiger partial charge in [-0.15, -0.1) is 0 Å². The molecule has 0 N–H and O–H groups in total. The fraction of sp³-hybridized carbons (Fsp3) is 0.200. The minimum Gasteiger partial charge on any atom is -0.0985 e. The maximum atomic E-state index is 3.82. The first kappa shape index (κ1) is 24.5. The van der Waals surface area contributed by atoms with E-state index in [1.54, 1.807) is 0 Å². The van der Waals surface area contributed by atoms with Gasteiger partial charge in [-0.2, -0.15) is 0 Å². The Morgan fingerprint density at radius 2 is 0.571 bits per heavy atom. The third kappa shape index (κ3) is 7.69. The first-order chi connectivity index (χ1) is 17.2. The van der Waals surface area contributed by atoms with Gasteiger partial charge in [0.15, 0.2) is 0 Å². The highest BCUT2D eigenvalue weighted by atomic mass is 14.1. The highest BCUT2D eigenvalue weighted by Gasteiger charge is 2.01. The van der Waals surface area contributed by atoms with Crippen molar-refractivity contribution in [1.29, 1.82) is 0 Å². The van der Waals surface area contributed by atoms with Crippen molar-refractivity contribution in [3.05, 3.63) is 155 Å². The van der Waals surface area contributed by atoms with E-state index in [9.17, 15) is 0 Å². The van der Waals surface area contributed by atoms with E-state index >= 15 is 0 Å². The summed E-state index contributed by atoms with van der Waals surface area (Å²) in [6, 6.07) is 35.8. The van der Waals surface area contributed by atoms with Gasteiger partial charge in [0.05, 0.1) is 0 Å². The molecular formula is C35H36. The van der Waals surface area contributed by atoms with Crippen LogP contribution in [-0.4, -0.2) is 0 Å². The van der Waals surface area contributed by atoms with Crippen LogP contribution in [0.15, 0.2) is 110 Å². The Balaban J connectivity index is 1.17. The second-order valence-corrected chi connectivity index (χ2v) is 9.38. The SMILES string of the molecule is C=Cc1ccc(CCc2ccc(CCCc3ccc(CCc4ccc(C=C)cc4)cc3)cc2)cc1. The first-order valence-electron chi connectivity index (χ1n) is 12.8. The van der Waals surface area contributed by atoms with E-state index in [0.717, 1.165) is 38.5 Å². The minimum absolute atomic E-state index is 1.08. The molecule has 0 radical (unpaired) electrons. The molecule has 0 nitrogen and oxygen atoms in total. The normalized spacial score (nSPS) is 10.7. The van der Waals surface area contributed by atoms with E-state index in [1.807, 2.05) is 12.2 Å². The second kappa shape index (κ2) is 12.7. The van der Waals surface area contributed by atoms with Gasteiger partial charge in [0, 0.05) is 0 Å². The molecule has 35 heavy (non-hydrogen) atoms. The topological polar surface area (TPSA) is 0 Å². The van der Waals surface area contributed by atoms with Gasteiger partial charge in [-0.05, 0) is 89.5 Å². The number of hydrogen-bond acceptors (Lipinski definition) is 0. The van der Waals surface area contributed by atoms with E-state index in [-0.39, 0.29) is 0 Å². The van der Waals surface area contributed by atoms with Gasteiger partial charge in [-0.25, -0.2) is 0 Å². The third-order valence-electron chi connectivity index (χ3n) is 6.81. The van der Waals surface area contributed by atoms with Gasteiger partial charge in [0.2, 0.25) is 0 Å². The molecule has 4 aromatic carbocycles. The average Bonchev–Trinajstić information content (AvgIpc) is 2.93. The smallest absolute Gasteiger partial charge is 0.0238 e. The molecule has 176 valence electrons. The zero-order valence-electron chi connectivity index (χ0n) is 20.8. The van der Waals surface area contributed by atoms with Gasteiger partial charge in [0.1, 0.15) is 0 Å². The second-order valence-electron chi connectivity index (χ2n) is 9.38. The summed E-state index contributed by atoms with van der Waals surface area (Å²) in [6.45, 7) is 7.64. The summed E-state index contributed by atoms with van der Waals surface area (Å²) in [5.41, 5.74) is 10.8. The highest BCUT2D eigenvalue weighted by molar-refractivity contribution is 5.48. The van der Waals surface area contributed by atoms with Crippen LogP contribution < -0.4 is 0 Å². The number of hydrogen-bond donors (Lipinski definition) is 0. The molecule has 0 atom stereocenters. The van der Waals surface area contributed by atoms with Crippen LogP contribution in [0.1, 0.15) is 50.9 Å². The van der Waals surface area contributed by atoms with Gasteiger partial charge in [-0.3, -0.25) is 0 Å². The van der Waals surface area contributed by atoms with Crippen molar-refractivity contribution in [2.24, 2.45) is 0 Å². The Morgan fingerprint density at radius 1 is 0.343 bits per heavy atom. The van der Waals surface area contributed by atoms with Crippen molar-refractivity contribution in [3.8, 4) is 0 Å². The van der Waals surface area contributed by atoms with Crippen molar-refractivity contribution in [2.75, 3.05) is 0 Å². The molecule has 0 amide bonds. The van der Waals surface area contributed by atoms with Crippen LogP contribution in [-0.2, 0) is 38.5 Å². The highest BCUT2D eigenvalue weighted by Crippen LogP contribution is 2.15. The molecular weight excluding hydrogens is 420 g/mol. The van der Waals surface area contributed by atoms with E-state index in [4.69, 9.17) is 0 Å². The maximum Gasteiger partial charge on any atom is -0.0238 e. The van der Waals surface area contributed by atoms with Gasteiger partial charge < -0.3 is 0 Å². The Labute approximate surface area is 211 Å². The van der Waals surface area contributed by atoms with Crippen LogP contribution >= 0.6 is 0 Å². The van der Waals surface area contributed by atoms with Crippen LogP contribution in [0.4, 0.5) is 0 Å². The van der Waals surface area contributed by atoms with Crippen molar-refractivity contribution in [2.45, 2.75) is 44.9 Å². The van der Waals surface area contributed by atoms with E-state index < -0.39 is 0 Å². The molecule has 0 spiro atoms. The molecule has 0 aliphatic carbocycles. The minimum atomic E-state index is 1.08. The van der Waals surface area contributed by atoms with E-state index in [0.29, 0.717) is 0 Å². The molecule has 0 aliphatic heterocycles. The molecule has 0 heteroatoms. The van der Waals surface area contributed by atoms with E-state index in [1.165, 1.54) is 50.9 Å². The summed E-state index contributed by atoms with van der Waals surface area (Å²) in [5, 5.41) is 0. The molecule has 4 rings (SSSR count). The molecule has 0 fully saturated rings. The fourth-order valence-corrected chi connectivity index (χ4v) is 4.46. The first-order valence-corrected chi connectivity index (χ1v) is 12.8. The van der Waals surface area contributed by atoms with Crippen LogP contribution in [0.25, 0.3) is 12.2 Å². The van der Waals surface area contributed by atoms with Crippen LogP contribution in [0.2, 0.25) is 0 Å². The lowest BCUT2D eigenvalue weighted by Crippen LogP contribution is -1.95. The fourth-order valence-electron chi connectivity index (χ4n) is 4.46. The standard InChI is InChI=1S/C35H36/c1-3-28-8-12-32(13-9-28)24-26-34-20-16-30(17-21-34)6-5-7-31-18-22-35(23-19-31)27-25-33-14-10-29(4-2)11-15-33/h3-4,8-23H,1-2,5-7,24-27H2. The lowest BCUT2D eigenvalue weighted by Gasteiger charge is -2.07. The zero-order chi connectivity index (χ0) is 24.3. The Hall–Kier alpha value is -3.64. The molecule has 0 aliphatic rings. The molecule has 0 saturated heterocycles. The van der Waals surface area contributed by atoms with Crippen LogP contribution in [0, 0.1) is 0 Å². The average molecular weight is 457 g/mol.